The molecule has 0 unspecified atom stereocenters. The summed E-state index contributed by atoms with van der Waals surface area (Å²) < 4.78 is 0. The van der Waals surface area contributed by atoms with Crippen LogP contribution in [0.3, 0.4) is 0 Å². The van der Waals surface area contributed by atoms with E-state index in [1.54, 1.807) is 18.3 Å². The Kier molecular flexibility index (Phi) is 4.60. The van der Waals surface area contributed by atoms with Gasteiger partial charge in [0.05, 0.1) is 11.3 Å². The number of aromatic nitrogens is 1. The van der Waals surface area contributed by atoms with Gasteiger partial charge in [-0.1, -0.05) is 44.2 Å². The smallest absolute Gasteiger partial charge is 0.267 e. The number of rotatable bonds is 4. The quantitative estimate of drug-likeness (QED) is 0.684. The summed E-state index contributed by atoms with van der Waals surface area (Å²) in [6.45, 7) is 4.09. The lowest BCUT2D eigenvalue weighted by Crippen LogP contribution is -2.22. The number of hydrogen-bond acceptors (Lipinski definition) is 3. The molecule has 1 aromatic heterocycles. The van der Waals surface area contributed by atoms with Gasteiger partial charge in [-0.3, -0.25) is 9.78 Å². The van der Waals surface area contributed by atoms with Crippen molar-refractivity contribution in [1.29, 1.82) is 0 Å². The highest BCUT2D eigenvalue weighted by Crippen LogP contribution is 2.09. The maximum Gasteiger partial charge on any atom is 0.272 e. The second-order valence-electron chi connectivity index (χ2n) is 4.70. The highest BCUT2D eigenvalue weighted by molar-refractivity contribution is 6.03. The van der Waals surface area contributed by atoms with Gasteiger partial charge in [0.25, 0.3) is 5.91 Å². The molecule has 20 heavy (non-hydrogen) atoms. The second-order valence-corrected chi connectivity index (χ2v) is 4.70. The van der Waals surface area contributed by atoms with Crippen LogP contribution in [0.5, 0.6) is 0 Å². The number of amides is 1. The normalized spacial score (nSPS) is 11.4. The Morgan fingerprint density at radius 3 is 2.40 bits per heavy atom. The Balaban J connectivity index is 2.17. The Labute approximate surface area is 118 Å². The number of pyridine rings is 1. The van der Waals surface area contributed by atoms with Gasteiger partial charge in [0.2, 0.25) is 0 Å². The fraction of sp³-hybridized carbons (Fsp3) is 0.188. The lowest BCUT2D eigenvalue weighted by Gasteiger charge is -2.10. The Bertz CT molecular complexity index is 592. The molecule has 102 valence electrons. The third kappa shape index (κ3) is 3.51. The van der Waals surface area contributed by atoms with Crippen LogP contribution in [0.1, 0.15) is 29.8 Å². The van der Waals surface area contributed by atoms with Crippen LogP contribution < -0.4 is 5.43 Å². The molecule has 1 N–H and O–H groups in total. The van der Waals surface area contributed by atoms with E-state index >= 15 is 0 Å². The van der Waals surface area contributed by atoms with Crippen LogP contribution in [-0.4, -0.2) is 16.6 Å². The van der Waals surface area contributed by atoms with Crippen LogP contribution in [0.2, 0.25) is 0 Å². The Morgan fingerprint density at radius 2 is 1.80 bits per heavy atom. The molecule has 0 aliphatic rings. The summed E-state index contributed by atoms with van der Waals surface area (Å²) in [6, 6.07) is 13.3. The first kappa shape index (κ1) is 13.9. The molecule has 4 nitrogen and oxygen atoms in total. The molecule has 2 rings (SSSR count). The van der Waals surface area contributed by atoms with Crippen LogP contribution in [0, 0.1) is 5.92 Å². The fourth-order valence-electron chi connectivity index (χ4n) is 1.81. The number of carbonyl (C=O) groups is 1. The standard InChI is InChI=1S/C16H17N3O/c1-12(2)15(13-7-4-3-5-8-13)18-19-16(20)14-9-6-10-17-11-14/h3-12H,1-2H3,(H,19,20)/b18-15-. The van der Waals surface area contributed by atoms with Gasteiger partial charge in [0.15, 0.2) is 0 Å². The number of hydrazone groups is 1. The van der Waals surface area contributed by atoms with E-state index in [2.05, 4.69) is 15.5 Å². The monoisotopic (exact) mass is 267 g/mol. The van der Waals surface area contributed by atoms with E-state index in [-0.39, 0.29) is 11.8 Å². The summed E-state index contributed by atoms with van der Waals surface area (Å²) in [7, 11) is 0. The van der Waals surface area contributed by atoms with E-state index in [0.717, 1.165) is 11.3 Å². The largest absolute Gasteiger partial charge is 0.272 e. The van der Waals surface area contributed by atoms with E-state index in [0.29, 0.717) is 5.56 Å². The first-order valence-electron chi connectivity index (χ1n) is 6.52. The third-order valence-electron chi connectivity index (χ3n) is 2.82. The fourth-order valence-corrected chi connectivity index (χ4v) is 1.81. The first-order chi connectivity index (χ1) is 9.68. The molecule has 0 spiro atoms. The molecule has 1 amide bonds. The van der Waals surface area contributed by atoms with Crippen molar-refractivity contribution in [2.45, 2.75) is 13.8 Å². The van der Waals surface area contributed by atoms with Crippen molar-refractivity contribution in [2.75, 3.05) is 0 Å². The number of nitrogens with one attached hydrogen (secondary N) is 1. The number of benzene rings is 1. The molecule has 0 aliphatic heterocycles. The van der Waals surface area contributed by atoms with E-state index < -0.39 is 0 Å². The minimum Gasteiger partial charge on any atom is -0.267 e. The van der Waals surface area contributed by atoms with E-state index in [1.165, 1.54) is 6.20 Å². The average molecular weight is 267 g/mol. The molecular weight excluding hydrogens is 250 g/mol. The van der Waals surface area contributed by atoms with Gasteiger partial charge in [-0.05, 0) is 23.6 Å². The zero-order chi connectivity index (χ0) is 14.4. The van der Waals surface area contributed by atoms with Gasteiger partial charge < -0.3 is 0 Å². The second kappa shape index (κ2) is 6.61. The third-order valence-corrected chi connectivity index (χ3v) is 2.82. The van der Waals surface area contributed by atoms with Gasteiger partial charge >= 0.3 is 0 Å². The summed E-state index contributed by atoms with van der Waals surface area (Å²) in [4.78, 5) is 15.9. The van der Waals surface area contributed by atoms with Crippen LogP contribution in [0.4, 0.5) is 0 Å². The zero-order valence-electron chi connectivity index (χ0n) is 11.6. The van der Waals surface area contributed by atoms with Crippen LogP contribution in [0.15, 0.2) is 60.0 Å². The molecule has 4 heteroatoms. The summed E-state index contributed by atoms with van der Waals surface area (Å²) >= 11 is 0. The molecule has 2 aromatic rings. The summed E-state index contributed by atoms with van der Waals surface area (Å²) in [5, 5.41) is 4.26. The molecule has 1 heterocycles. The maximum atomic E-state index is 11.9. The van der Waals surface area contributed by atoms with Gasteiger partial charge in [0, 0.05) is 12.4 Å². The number of nitrogens with zero attached hydrogens (tertiary/aromatic N) is 2. The van der Waals surface area contributed by atoms with Crippen LogP contribution >= 0.6 is 0 Å². The molecule has 0 saturated carbocycles. The van der Waals surface area contributed by atoms with Crippen molar-refractivity contribution in [3.05, 3.63) is 66.0 Å². The number of carbonyl (C=O) groups excluding carboxylic acids is 1. The van der Waals surface area contributed by atoms with Gasteiger partial charge in [-0.15, -0.1) is 0 Å². The highest BCUT2D eigenvalue weighted by atomic mass is 16.2. The van der Waals surface area contributed by atoms with E-state index in [4.69, 9.17) is 0 Å². The van der Waals surface area contributed by atoms with Gasteiger partial charge in [-0.2, -0.15) is 5.10 Å². The van der Waals surface area contributed by atoms with E-state index in [9.17, 15) is 4.79 Å². The van der Waals surface area contributed by atoms with E-state index in [1.807, 2.05) is 44.2 Å². The zero-order valence-corrected chi connectivity index (χ0v) is 11.6. The highest BCUT2D eigenvalue weighted by Gasteiger charge is 2.10. The number of hydrogen-bond donors (Lipinski definition) is 1. The minimum absolute atomic E-state index is 0.214. The van der Waals surface area contributed by atoms with Crippen molar-refractivity contribution in [3.8, 4) is 0 Å². The predicted octanol–water partition coefficient (Wildman–Crippen LogP) is 2.87. The Hall–Kier alpha value is -2.49. The molecule has 0 aliphatic carbocycles. The topological polar surface area (TPSA) is 54.4 Å². The summed E-state index contributed by atoms with van der Waals surface area (Å²) in [5.74, 6) is -0.0428. The van der Waals surface area contributed by atoms with Crippen molar-refractivity contribution < 1.29 is 4.79 Å². The average Bonchev–Trinajstić information content (AvgIpc) is 2.49. The summed E-state index contributed by atoms with van der Waals surface area (Å²) in [6.07, 6.45) is 3.14. The summed E-state index contributed by atoms with van der Waals surface area (Å²) in [5.41, 5.74) is 4.94. The predicted molar refractivity (Wildman–Crippen MR) is 79.5 cm³/mol. The van der Waals surface area contributed by atoms with Crippen molar-refractivity contribution >= 4 is 11.6 Å². The molecule has 0 saturated heterocycles. The Morgan fingerprint density at radius 1 is 1.10 bits per heavy atom. The van der Waals surface area contributed by atoms with Crippen LogP contribution in [0.25, 0.3) is 0 Å². The molecule has 0 fully saturated rings. The van der Waals surface area contributed by atoms with Crippen molar-refractivity contribution in [3.63, 3.8) is 0 Å². The van der Waals surface area contributed by atoms with Crippen molar-refractivity contribution in [2.24, 2.45) is 11.0 Å². The molecule has 0 radical (unpaired) electrons. The molecular formula is C16H17N3O. The molecule has 0 atom stereocenters. The SMILES string of the molecule is CC(C)/C(=N/NC(=O)c1cccnc1)c1ccccc1. The lowest BCUT2D eigenvalue weighted by molar-refractivity contribution is 0.0954. The van der Waals surface area contributed by atoms with Crippen LogP contribution in [-0.2, 0) is 0 Å². The van der Waals surface area contributed by atoms with Crippen molar-refractivity contribution in [1.82, 2.24) is 10.4 Å². The molecule has 0 bridgehead atoms. The van der Waals surface area contributed by atoms with Gasteiger partial charge in [-0.25, -0.2) is 5.43 Å². The van der Waals surface area contributed by atoms with Gasteiger partial charge in [0.1, 0.15) is 0 Å². The molecule has 1 aromatic carbocycles. The maximum absolute atomic E-state index is 11.9. The lowest BCUT2D eigenvalue weighted by atomic mass is 10.0. The minimum atomic E-state index is -0.257. The first-order valence-corrected chi connectivity index (χ1v) is 6.52.